The highest BCUT2D eigenvalue weighted by molar-refractivity contribution is 5.93. The number of hydrogen-bond acceptors (Lipinski definition) is 0. The molecule has 0 amide bonds. The number of rotatable bonds is 26. The van der Waals surface area contributed by atoms with E-state index in [4.69, 9.17) is 0 Å². The molecule has 0 heterocycles. The normalized spacial score (nSPS) is 15.8. The average molecular weight is 1290 g/mol. The summed E-state index contributed by atoms with van der Waals surface area (Å²) in [7, 11) is 0. The lowest BCUT2D eigenvalue weighted by Gasteiger charge is -2.33. The molecule has 0 unspecified atom stereocenters. The SMILES string of the molecule is CCCCC1(CCCC)c2ccccc2-c2ccc(-c3ccc4c(c3)C(CC)(CC)c3cc(-c5ccc6c(c5)C(CCCC)(CCCC)c5cc(-c7ccc8c(c7)C(CC)(CC)c7cc(-c9ccc%10c(c9)C(CCCC)(CCCC)c9cc(C)ccc9-%10)ccc7-8)ccc5-6)ccc3-4)cc21. The third kappa shape index (κ3) is 10.1. The molecule has 0 nitrogen and oxygen atoms in total. The zero-order valence-corrected chi connectivity index (χ0v) is 61.5. The Morgan fingerprint density at radius 3 is 0.622 bits per heavy atom. The van der Waals surface area contributed by atoms with Crippen molar-refractivity contribution in [3.8, 4) is 100 Å². The Labute approximate surface area is 590 Å². The van der Waals surface area contributed by atoms with Gasteiger partial charge in [0, 0.05) is 27.1 Å². The first-order valence-electron chi connectivity index (χ1n) is 39.3. The lowest BCUT2D eigenvalue weighted by atomic mass is 9.70. The largest absolute Gasteiger partial charge is 0.0654 e. The minimum absolute atomic E-state index is 0.0595. The van der Waals surface area contributed by atoms with E-state index in [2.05, 4.69) is 264 Å². The number of unbranched alkanes of at least 4 members (excludes halogenated alkanes) is 6. The van der Waals surface area contributed by atoms with E-state index in [1.807, 2.05) is 0 Å². The van der Waals surface area contributed by atoms with E-state index >= 15 is 0 Å². The maximum Gasteiger partial charge on any atom is 0.0215 e. The predicted octanol–water partition coefficient (Wildman–Crippen LogP) is 28.8. The molecule has 5 aliphatic rings. The summed E-state index contributed by atoms with van der Waals surface area (Å²) in [5, 5.41) is 0. The Kier molecular flexibility index (Phi) is 17.8. The van der Waals surface area contributed by atoms with Gasteiger partial charge in [0.05, 0.1) is 0 Å². The average Bonchev–Trinajstić information content (AvgIpc) is 1.58. The highest BCUT2D eigenvalue weighted by Gasteiger charge is 2.48. The maximum absolute atomic E-state index is 2.67. The zero-order chi connectivity index (χ0) is 67.7. The van der Waals surface area contributed by atoms with Crippen LogP contribution in [0, 0.1) is 6.92 Å². The molecule has 15 rings (SSSR count). The summed E-state index contributed by atoms with van der Waals surface area (Å²) in [6, 6.07) is 77.4. The van der Waals surface area contributed by atoms with Gasteiger partial charge in [0.25, 0.3) is 0 Å². The molecule has 5 aliphatic carbocycles. The van der Waals surface area contributed by atoms with E-state index < -0.39 is 0 Å². The Bertz CT molecular complexity index is 4650. The predicted molar refractivity (Wildman–Crippen MR) is 422 cm³/mol. The maximum atomic E-state index is 2.67. The molecule has 500 valence electrons. The van der Waals surface area contributed by atoms with Gasteiger partial charge >= 0.3 is 0 Å². The molecule has 0 heteroatoms. The smallest absolute Gasteiger partial charge is 0.0215 e. The molecule has 0 N–H and O–H groups in total. The van der Waals surface area contributed by atoms with Crippen LogP contribution in [0.4, 0.5) is 0 Å². The molecule has 0 saturated carbocycles. The summed E-state index contributed by atoms with van der Waals surface area (Å²) in [6.45, 7) is 26.3. The summed E-state index contributed by atoms with van der Waals surface area (Å²) >= 11 is 0. The molecule has 0 aromatic heterocycles. The van der Waals surface area contributed by atoms with Gasteiger partial charge in [0.1, 0.15) is 0 Å². The zero-order valence-electron chi connectivity index (χ0n) is 61.5. The van der Waals surface area contributed by atoms with Crippen molar-refractivity contribution in [1.82, 2.24) is 0 Å². The molecule has 0 aliphatic heterocycles. The lowest BCUT2D eigenvalue weighted by Crippen LogP contribution is -2.25. The first kappa shape index (κ1) is 66.1. The lowest BCUT2D eigenvalue weighted by molar-refractivity contribution is 0.414. The fraction of sp³-hybridized carbons (Fsp3) is 0.388. The van der Waals surface area contributed by atoms with Gasteiger partial charge in [-0.05, 0) is 275 Å². The summed E-state index contributed by atoms with van der Waals surface area (Å²) in [5.41, 5.74) is 41.8. The van der Waals surface area contributed by atoms with Crippen LogP contribution in [0.3, 0.4) is 0 Å². The Balaban J connectivity index is 0.763. The van der Waals surface area contributed by atoms with Crippen LogP contribution in [-0.2, 0) is 27.1 Å². The fourth-order valence-corrected chi connectivity index (χ4v) is 20.9. The molecule has 0 bridgehead atoms. The molecule has 0 radical (unpaired) electrons. The van der Waals surface area contributed by atoms with Gasteiger partial charge in [-0.25, -0.2) is 0 Å². The van der Waals surface area contributed by atoms with Gasteiger partial charge in [-0.2, -0.15) is 0 Å². The molecular weight excluding hydrogens is 1180 g/mol. The number of hydrogen-bond donors (Lipinski definition) is 0. The first-order valence-corrected chi connectivity index (χ1v) is 39.3. The molecule has 0 saturated heterocycles. The van der Waals surface area contributed by atoms with Gasteiger partial charge < -0.3 is 0 Å². The van der Waals surface area contributed by atoms with Crippen molar-refractivity contribution in [3.05, 3.63) is 249 Å². The fourth-order valence-electron chi connectivity index (χ4n) is 20.9. The first-order chi connectivity index (χ1) is 47.9. The van der Waals surface area contributed by atoms with E-state index in [1.165, 1.54) is 231 Å². The van der Waals surface area contributed by atoms with Crippen LogP contribution in [0.1, 0.15) is 272 Å². The minimum Gasteiger partial charge on any atom is -0.0654 e. The Morgan fingerprint density at radius 2 is 0.388 bits per heavy atom. The molecule has 0 spiro atoms. The van der Waals surface area contributed by atoms with Gasteiger partial charge in [-0.3, -0.25) is 0 Å². The van der Waals surface area contributed by atoms with E-state index in [-0.39, 0.29) is 27.1 Å². The third-order valence-electron chi connectivity index (χ3n) is 26.4. The van der Waals surface area contributed by atoms with Crippen molar-refractivity contribution >= 4 is 0 Å². The summed E-state index contributed by atoms with van der Waals surface area (Å²) in [6.07, 6.45) is 26.0. The quantitative estimate of drug-likeness (QED) is 0.0507. The van der Waals surface area contributed by atoms with Gasteiger partial charge in [-0.15, -0.1) is 0 Å². The number of aryl methyl sites for hydroxylation is 1. The van der Waals surface area contributed by atoms with Crippen LogP contribution in [0.15, 0.2) is 188 Å². The summed E-state index contributed by atoms with van der Waals surface area (Å²) in [5.74, 6) is 0. The molecule has 0 fully saturated rings. The van der Waals surface area contributed by atoms with Crippen molar-refractivity contribution in [2.75, 3.05) is 0 Å². The molecule has 0 atom stereocenters. The van der Waals surface area contributed by atoms with Crippen LogP contribution >= 0.6 is 0 Å². The highest BCUT2D eigenvalue weighted by Crippen LogP contribution is 2.62. The van der Waals surface area contributed by atoms with Crippen LogP contribution < -0.4 is 0 Å². The van der Waals surface area contributed by atoms with Gasteiger partial charge in [0.15, 0.2) is 0 Å². The van der Waals surface area contributed by atoms with Crippen LogP contribution in [0.5, 0.6) is 0 Å². The van der Waals surface area contributed by atoms with Crippen LogP contribution in [0.2, 0.25) is 0 Å². The van der Waals surface area contributed by atoms with E-state index in [0.717, 1.165) is 38.5 Å². The van der Waals surface area contributed by atoms with Crippen molar-refractivity contribution in [1.29, 1.82) is 0 Å². The van der Waals surface area contributed by atoms with Crippen LogP contribution in [-0.4, -0.2) is 0 Å². The van der Waals surface area contributed by atoms with E-state index in [9.17, 15) is 0 Å². The van der Waals surface area contributed by atoms with Crippen molar-refractivity contribution in [2.45, 2.75) is 244 Å². The molecule has 10 aromatic rings. The standard InChI is InChI=1S/C98H108/c1-12-22-50-96(51-23-13-2)84-31-29-28-30-74(84)76-42-33-70(61-90(76)96)66-34-43-77-79-45-36-68(59-88(79)94(18-7,19-8)86(77)57-66)72-39-48-82-83-49-40-73(64-93(83)98(54-26-16-5,55-27-17-6)92(82)63-72)69-37-46-80-78-44-35-67(58-87(78)95(20-9,21-10)89(80)60-69)71-38-47-81-75-41-32-65(11)56-85(75)97(52-24-14-3,53-25-15-4)91(81)62-71/h28-49,56-64H,12-27,50-55H2,1-11H3. The van der Waals surface area contributed by atoms with Gasteiger partial charge in [-0.1, -0.05) is 291 Å². The summed E-state index contributed by atoms with van der Waals surface area (Å²) < 4.78 is 0. The van der Waals surface area contributed by atoms with E-state index in [0.29, 0.717) is 0 Å². The second-order valence-corrected chi connectivity index (χ2v) is 31.1. The van der Waals surface area contributed by atoms with Gasteiger partial charge in [0.2, 0.25) is 0 Å². The molecular formula is C98H108. The second-order valence-electron chi connectivity index (χ2n) is 31.1. The highest BCUT2D eigenvalue weighted by atomic mass is 14.5. The van der Waals surface area contributed by atoms with Crippen molar-refractivity contribution < 1.29 is 0 Å². The number of fused-ring (bicyclic) bond motifs is 15. The Morgan fingerprint density at radius 1 is 0.194 bits per heavy atom. The topological polar surface area (TPSA) is 0 Å². The van der Waals surface area contributed by atoms with E-state index in [1.54, 1.807) is 33.4 Å². The Hall–Kier alpha value is -7.80. The van der Waals surface area contributed by atoms with Crippen molar-refractivity contribution in [2.24, 2.45) is 0 Å². The van der Waals surface area contributed by atoms with Crippen molar-refractivity contribution in [3.63, 3.8) is 0 Å². The molecule has 98 heavy (non-hydrogen) atoms. The molecule has 10 aromatic carbocycles. The summed E-state index contributed by atoms with van der Waals surface area (Å²) in [4.78, 5) is 0. The monoisotopic (exact) mass is 1280 g/mol. The third-order valence-corrected chi connectivity index (χ3v) is 26.4. The minimum atomic E-state index is -0.0775. The number of benzene rings is 10. The van der Waals surface area contributed by atoms with Crippen LogP contribution in [0.25, 0.3) is 100 Å². The second kappa shape index (κ2) is 26.4.